The van der Waals surface area contributed by atoms with E-state index >= 15 is 0 Å². The number of hydrogen-bond donors (Lipinski definition) is 1. The number of hydrogen-bond acceptors (Lipinski definition) is 2. The summed E-state index contributed by atoms with van der Waals surface area (Å²) in [4.78, 5) is 0. The van der Waals surface area contributed by atoms with Gasteiger partial charge in [-0.1, -0.05) is 45.9 Å². The summed E-state index contributed by atoms with van der Waals surface area (Å²) in [5.41, 5.74) is 2.69. The number of para-hydroxylation sites is 1. The second-order valence-electron chi connectivity index (χ2n) is 6.60. The number of piperidine rings is 1. The van der Waals surface area contributed by atoms with Crippen molar-refractivity contribution in [3.8, 4) is 5.75 Å². The van der Waals surface area contributed by atoms with Crippen molar-refractivity contribution in [1.82, 2.24) is 5.32 Å². The molecule has 0 radical (unpaired) electrons. The van der Waals surface area contributed by atoms with Crippen molar-refractivity contribution < 1.29 is 4.74 Å². The minimum Gasteiger partial charge on any atom is -0.493 e. The Morgan fingerprint density at radius 2 is 1.80 bits per heavy atom. The molecule has 1 aromatic carbocycles. The molecule has 112 valence electrons. The molecule has 0 aliphatic carbocycles. The van der Waals surface area contributed by atoms with E-state index in [1.807, 2.05) is 0 Å². The molecule has 0 spiro atoms. The van der Waals surface area contributed by atoms with Crippen LogP contribution in [0.25, 0.3) is 0 Å². The first-order valence-corrected chi connectivity index (χ1v) is 8.06. The van der Waals surface area contributed by atoms with E-state index in [0.29, 0.717) is 17.8 Å². The van der Waals surface area contributed by atoms with Crippen LogP contribution < -0.4 is 10.1 Å². The highest BCUT2D eigenvalue weighted by Crippen LogP contribution is 2.34. The van der Waals surface area contributed by atoms with Crippen molar-refractivity contribution in [2.45, 2.75) is 52.4 Å². The Balaban J connectivity index is 2.14. The third kappa shape index (κ3) is 3.76. The van der Waals surface area contributed by atoms with Crippen molar-refractivity contribution in [3.63, 3.8) is 0 Å². The molecule has 2 nitrogen and oxygen atoms in total. The molecule has 1 saturated heterocycles. The molecule has 0 saturated carbocycles. The van der Waals surface area contributed by atoms with Gasteiger partial charge in [-0.3, -0.25) is 0 Å². The van der Waals surface area contributed by atoms with Crippen LogP contribution >= 0.6 is 0 Å². The summed E-state index contributed by atoms with van der Waals surface area (Å²) in [6.45, 7) is 12.1. The fourth-order valence-corrected chi connectivity index (χ4v) is 2.92. The zero-order valence-corrected chi connectivity index (χ0v) is 13.4. The van der Waals surface area contributed by atoms with E-state index in [9.17, 15) is 0 Å². The minimum atomic E-state index is 0.508. The van der Waals surface area contributed by atoms with Crippen LogP contribution in [0.1, 0.15) is 63.5 Å². The van der Waals surface area contributed by atoms with Gasteiger partial charge in [0.15, 0.2) is 0 Å². The third-order valence-electron chi connectivity index (χ3n) is 4.18. The van der Waals surface area contributed by atoms with Crippen LogP contribution in [0.5, 0.6) is 5.75 Å². The van der Waals surface area contributed by atoms with Crippen LogP contribution in [0.2, 0.25) is 0 Å². The van der Waals surface area contributed by atoms with E-state index in [4.69, 9.17) is 4.74 Å². The van der Waals surface area contributed by atoms with E-state index in [-0.39, 0.29) is 0 Å². The van der Waals surface area contributed by atoms with E-state index in [2.05, 4.69) is 51.2 Å². The molecule has 2 heteroatoms. The maximum atomic E-state index is 6.29. The molecule has 1 fully saturated rings. The lowest BCUT2D eigenvalue weighted by Gasteiger charge is -2.25. The lowest BCUT2D eigenvalue weighted by atomic mass is 9.94. The lowest BCUT2D eigenvalue weighted by molar-refractivity contribution is 0.214. The average molecular weight is 275 g/mol. The van der Waals surface area contributed by atoms with Crippen molar-refractivity contribution in [2.75, 3.05) is 19.7 Å². The molecule has 0 bridgehead atoms. The van der Waals surface area contributed by atoms with Crippen molar-refractivity contribution in [3.05, 3.63) is 29.3 Å². The van der Waals surface area contributed by atoms with Crippen LogP contribution in [0.3, 0.4) is 0 Å². The van der Waals surface area contributed by atoms with Gasteiger partial charge in [-0.15, -0.1) is 0 Å². The number of rotatable bonds is 5. The molecule has 2 rings (SSSR count). The van der Waals surface area contributed by atoms with E-state index in [1.54, 1.807) is 0 Å². The van der Waals surface area contributed by atoms with Crippen LogP contribution in [-0.4, -0.2) is 19.7 Å². The summed E-state index contributed by atoms with van der Waals surface area (Å²) in [6.07, 6.45) is 2.56. The molecule has 0 aromatic heterocycles. The second kappa shape index (κ2) is 7.12. The predicted octanol–water partition coefficient (Wildman–Crippen LogP) is 4.31. The van der Waals surface area contributed by atoms with Gasteiger partial charge in [0.05, 0.1) is 6.61 Å². The monoisotopic (exact) mass is 275 g/mol. The van der Waals surface area contributed by atoms with Gasteiger partial charge in [0.2, 0.25) is 0 Å². The van der Waals surface area contributed by atoms with Crippen LogP contribution in [-0.2, 0) is 0 Å². The van der Waals surface area contributed by atoms with Gasteiger partial charge in [0.25, 0.3) is 0 Å². The van der Waals surface area contributed by atoms with E-state index in [1.165, 1.54) is 24.0 Å². The molecule has 20 heavy (non-hydrogen) atoms. The third-order valence-corrected chi connectivity index (χ3v) is 4.18. The van der Waals surface area contributed by atoms with Crippen molar-refractivity contribution in [1.29, 1.82) is 0 Å². The highest BCUT2D eigenvalue weighted by molar-refractivity contribution is 5.44. The van der Waals surface area contributed by atoms with Gasteiger partial charge in [-0.05, 0) is 42.3 Å². The Bertz CT molecular complexity index is 393. The fourth-order valence-electron chi connectivity index (χ4n) is 2.92. The topological polar surface area (TPSA) is 21.3 Å². The van der Waals surface area contributed by atoms with Crippen LogP contribution in [0.4, 0.5) is 0 Å². The van der Waals surface area contributed by atoms with Crippen molar-refractivity contribution >= 4 is 0 Å². The Hall–Kier alpha value is -1.02. The standard InChI is InChI=1S/C18H29NO/c1-13(2)16-8-5-9-17(14(3)4)18(16)20-12-15-7-6-10-19-11-15/h5,8-9,13-15,19H,6-7,10-12H2,1-4H3. The summed E-state index contributed by atoms with van der Waals surface area (Å²) in [5, 5.41) is 3.47. The maximum Gasteiger partial charge on any atom is 0.126 e. The molecule has 0 amide bonds. The van der Waals surface area contributed by atoms with Crippen LogP contribution in [0.15, 0.2) is 18.2 Å². The van der Waals surface area contributed by atoms with Crippen molar-refractivity contribution in [2.24, 2.45) is 5.92 Å². The number of benzene rings is 1. The molecular formula is C18H29NO. The highest BCUT2D eigenvalue weighted by atomic mass is 16.5. The first-order valence-electron chi connectivity index (χ1n) is 8.06. The average Bonchev–Trinajstić information content (AvgIpc) is 2.45. The number of nitrogens with one attached hydrogen (secondary N) is 1. The van der Waals surface area contributed by atoms with E-state index in [0.717, 1.165) is 25.4 Å². The Kier molecular flexibility index (Phi) is 5.47. The maximum absolute atomic E-state index is 6.29. The zero-order chi connectivity index (χ0) is 14.5. The SMILES string of the molecule is CC(C)c1cccc(C(C)C)c1OCC1CCCNC1. The van der Waals surface area contributed by atoms with Gasteiger partial charge in [0, 0.05) is 12.5 Å². The lowest BCUT2D eigenvalue weighted by Crippen LogP contribution is -2.33. The summed E-state index contributed by atoms with van der Waals surface area (Å²) < 4.78 is 6.29. The van der Waals surface area contributed by atoms with Crippen LogP contribution in [0, 0.1) is 5.92 Å². The number of ether oxygens (including phenoxy) is 1. The first kappa shape index (κ1) is 15.4. The fraction of sp³-hybridized carbons (Fsp3) is 0.667. The Morgan fingerprint density at radius 3 is 2.30 bits per heavy atom. The molecule has 1 heterocycles. The Morgan fingerprint density at radius 1 is 1.15 bits per heavy atom. The minimum absolute atomic E-state index is 0.508. The summed E-state index contributed by atoms with van der Waals surface area (Å²) in [7, 11) is 0. The highest BCUT2D eigenvalue weighted by Gasteiger charge is 2.18. The van der Waals surface area contributed by atoms with Gasteiger partial charge in [0.1, 0.15) is 5.75 Å². The summed E-state index contributed by atoms with van der Waals surface area (Å²) in [5.74, 6) is 2.81. The largest absolute Gasteiger partial charge is 0.493 e. The van der Waals surface area contributed by atoms with Gasteiger partial charge in [-0.2, -0.15) is 0 Å². The molecule has 1 atom stereocenters. The molecular weight excluding hydrogens is 246 g/mol. The molecule has 1 aliphatic rings. The first-order chi connectivity index (χ1) is 9.59. The normalized spacial score (nSPS) is 19.6. The molecule has 1 N–H and O–H groups in total. The molecule has 1 aliphatic heterocycles. The Labute approximate surface area is 123 Å². The second-order valence-corrected chi connectivity index (χ2v) is 6.60. The zero-order valence-electron chi connectivity index (χ0n) is 13.4. The summed E-state index contributed by atoms with van der Waals surface area (Å²) >= 11 is 0. The smallest absolute Gasteiger partial charge is 0.126 e. The van der Waals surface area contributed by atoms with Gasteiger partial charge < -0.3 is 10.1 Å². The molecule has 1 unspecified atom stereocenters. The molecule has 1 aromatic rings. The summed E-state index contributed by atoms with van der Waals surface area (Å²) in [6, 6.07) is 6.59. The predicted molar refractivity (Wildman–Crippen MR) is 85.7 cm³/mol. The van der Waals surface area contributed by atoms with Gasteiger partial charge in [-0.25, -0.2) is 0 Å². The quantitative estimate of drug-likeness (QED) is 0.864. The van der Waals surface area contributed by atoms with E-state index < -0.39 is 0 Å². The van der Waals surface area contributed by atoms with Gasteiger partial charge >= 0.3 is 0 Å².